The van der Waals surface area contributed by atoms with Crippen LogP contribution in [0.15, 0.2) is 23.4 Å². The Morgan fingerprint density at radius 3 is 2.85 bits per heavy atom. The maximum Gasteiger partial charge on any atom is 0.232 e. The minimum atomic E-state index is -3.57. The van der Waals surface area contributed by atoms with Gasteiger partial charge in [0.1, 0.15) is 0 Å². The molecule has 0 atom stereocenters. The second kappa shape index (κ2) is 7.32. The van der Waals surface area contributed by atoms with Crippen molar-refractivity contribution in [1.29, 1.82) is 0 Å². The van der Waals surface area contributed by atoms with Crippen LogP contribution in [-0.4, -0.2) is 38.9 Å². The molecule has 0 bridgehead atoms. The van der Waals surface area contributed by atoms with E-state index in [4.69, 9.17) is 27.3 Å². The Morgan fingerprint density at radius 1 is 1.55 bits per heavy atom. The van der Waals surface area contributed by atoms with Gasteiger partial charge < -0.3 is 15.7 Å². The van der Waals surface area contributed by atoms with E-state index in [1.54, 1.807) is 0 Å². The fourth-order valence-corrected chi connectivity index (χ4v) is 2.77. The van der Waals surface area contributed by atoms with Crippen molar-refractivity contribution in [3.8, 4) is 0 Å². The largest absolute Gasteiger partial charge is 0.409 e. The first-order valence-corrected chi connectivity index (χ1v) is 7.69. The number of rotatable bonds is 7. The summed E-state index contributed by atoms with van der Waals surface area (Å²) in [5.41, 5.74) is 5.89. The molecule has 0 aromatic heterocycles. The summed E-state index contributed by atoms with van der Waals surface area (Å²) in [6.45, 7) is 0.337. The maximum absolute atomic E-state index is 11.9. The molecule has 112 valence electrons. The highest BCUT2D eigenvalue weighted by atomic mass is 35.5. The first kappa shape index (κ1) is 16.5. The number of methoxy groups -OCH3 is 1. The molecule has 7 nitrogen and oxygen atoms in total. The predicted octanol–water partition coefficient (Wildman–Crippen LogP) is 1.21. The molecule has 0 aliphatic carbocycles. The topological polar surface area (TPSA) is 114 Å². The standard InChI is InChI=1S/C11H16ClN3O4S/c1-19-5-2-6-20(17,18)15-10-7-8(12)3-4-9(10)11(13)14-16/h3-4,7,15-16H,2,5-6H2,1H3,(H2,13,14). The molecule has 20 heavy (non-hydrogen) atoms. The van der Waals surface area contributed by atoms with E-state index in [0.717, 1.165) is 0 Å². The summed E-state index contributed by atoms with van der Waals surface area (Å²) < 4.78 is 31.0. The molecule has 0 amide bonds. The summed E-state index contributed by atoms with van der Waals surface area (Å²) in [7, 11) is -2.08. The highest BCUT2D eigenvalue weighted by molar-refractivity contribution is 7.92. The second-order valence-electron chi connectivity index (χ2n) is 3.94. The lowest BCUT2D eigenvalue weighted by atomic mass is 10.1. The summed E-state index contributed by atoms with van der Waals surface area (Å²) >= 11 is 5.82. The molecule has 0 aliphatic rings. The Bertz CT molecular complexity index is 589. The van der Waals surface area contributed by atoms with Crippen molar-refractivity contribution in [1.82, 2.24) is 0 Å². The van der Waals surface area contributed by atoms with Gasteiger partial charge in [0.05, 0.1) is 11.4 Å². The summed E-state index contributed by atoms with van der Waals surface area (Å²) in [5.74, 6) is -0.320. The number of oxime groups is 1. The third kappa shape index (κ3) is 4.87. The highest BCUT2D eigenvalue weighted by Gasteiger charge is 2.15. The number of hydrogen-bond donors (Lipinski definition) is 3. The number of amidine groups is 1. The Kier molecular flexibility index (Phi) is 6.05. The number of benzene rings is 1. The number of nitrogens with two attached hydrogens (primary N) is 1. The van der Waals surface area contributed by atoms with Gasteiger partial charge in [0.2, 0.25) is 10.0 Å². The average Bonchev–Trinajstić information content (AvgIpc) is 2.37. The molecular weight excluding hydrogens is 306 g/mol. The zero-order chi connectivity index (χ0) is 15.2. The minimum absolute atomic E-state index is 0.108. The van der Waals surface area contributed by atoms with E-state index in [1.807, 2.05) is 0 Å². The van der Waals surface area contributed by atoms with Crippen LogP contribution in [0.5, 0.6) is 0 Å². The zero-order valence-electron chi connectivity index (χ0n) is 10.8. The van der Waals surface area contributed by atoms with Gasteiger partial charge >= 0.3 is 0 Å². The number of nitrogens with zero attached hydrogens (tertiary/aromatic N) is 1. The molecule has 0 fully saturated rings. The first-order valence-electron chi connectivity index (χ1n) is 5.66. The van der Waals surface area contributed by atoms with Gasteiger partial charge in [-0.2, -0.15) is 0 Å². The third-order valence-corrected chi connectivity index (χ3v) is 3.98. The van der Waals surface area contributed by atoms with Crippen molar-refractivity contribution in [2.75, 3.05) is 24.2 Å². The van der Waals surface area contributed by atoms with Crippen molar-refractivity contribution < 1.29 is 18.4 Å². The van der Waals surface area contributed by atoms with Gasteiger partial charge in [-0.25, -0.2) is 8.42 Å². The molecule has 0 unspecified atom stereocenters. The molecule has 0 heterocycles. The second-order valence-corrected chi connectivity index (χ2v) is 6.22. The van der Waals surface area contributed by atoms with Gasteiger partial charge in [0, 0.05) is 24.3 Å². The fourth-order valence-electron chi connectivity index (χ4n) is 1.49. The molecule has 1 aromatic rings. The maximum atomic E-state index is 11.9. The molecule has 1 rings (SSSR count). The quantitative estimate of drug-likeness (QED) is 0.230. The molecule has 0 saturated carbocycles. The van der Waals surface area contributed by atoms with Crippen molar-refractivity contribution in [3.63, 3.8) is 0 Å². The zero-order valence-corrected chi connectivity index (χ0v) is 12.4. The van der Waals surface area contributed by atoms with E-state index in [0.29, 0.717) is 18.1 Å². The summed E-state index contributed by atoms with van der Waals surface area (Å²) in [6, 6.07) is 4.37. The van der Waals surface area contributed by atoms with E-state index in [2.05, 4.69) is 9.88 Å². The summed E-state index contributed by atoms with van der Waals surface area (Å²) in [4.78, 5) is 0. The molecule has 0 saturated heterocycles. The summed E-state index contributed by atoms with van der Waals surface area (Å²) in [5, 5.41) is 11.9. The number of nitrogens with one attached hydrogen (secondary N) is 1. The van der Waals surface area contributed by atoms with E-state index < -0.39 is 10.0 Å². The summed E-state index contributed by atoms with van der Waals surface area (Å²) in [6.07, 6.45) is 0.352. The third-order valence-electron chi connectivity index (χ3n) is 2.39. The van der Waals surface area contributed by atoms with Crippen LogP contribution in [0.2, 0.25) is 5.02 Å². The van der Waals surface area contributed by atoms with Gasteiger partial charge in [-0.05, 0) is 24.6 Å². The van der Waals surface area contributed by atoms with Crippen LogP contribution in [0.25, 0.3) is 0 Å². The monoisotopic (exact) mass is 321 g/mol. The predicted molar refractivity (Wildman–Crippen MR) is 77.9 cm³/mol. The minimum Gasteiger partial charge on any atom is -0.409 e. The van der Waals surface area contributed by atoms with Crippen LogP contribution in [0.1, 0.15) is 12.0 Å². The van der Waals surface area contributed by atoms with Crippen molar-refractivity contribution in [2.45, 2.75) is 6.42 Å². The normalized spacial score (nSPS) is 12.4. The van der Waals surface area contributed by atoms with Crippen LogP contribution >= 0.6 is 11.6 Å². The van der Waals surface area contributed by atoms with E-state index >= 15 is 0 Å². The number of anilines is 1. The number of ether oxygens (including phenoxy) is 1. The molecule has 4 N–H and O–H groups in total. The van der Waals surface area contributed by atoms with Gasteiger partial charge in [0.25, 0.3) is 0 Å². The highest BCUT2D eigenvalue weighted by Crippen LogP contribution is 2.22. The molecule has 0 radical (unpaired) electrons. The lowest BCUT2D eigenvalue weighted by Crippen LogP contribution is -2.21. The van der Waals surface area contributed by atoms with Crippen LogP contribution < -0.4 is 10.5 Å². The Morgan fingerprint density at radius 2 is 2.25 bits per heavy atom. The van der Waals surface area contributed by atoms with Gasteiger partial charge in [-0.15, -0.1) is 0 Å². The van der Waals surface area contributed by atoms with Crippen LogP contribution in [-0.2, 0) is 14.8 Å². The molecule has 9 heteroatoms. The Hall–Kier alpha value is -1.51. The Balaban J connectivity index is 2.99. The van der Waals surface area contributed by atoms with Crippen LogP contribution in [0.4, 0.5) is 5.69 Å². The SMILES string of the molecule is COCCCS(=O)(=O)Nc1cc(Cl)ccc1C(N)=NO. The Labute approximate surface area is 122 Å². The fraction of sp³-hybridized carbons (Fsp3) is 0.364. The van der Waals surface area contributed by atoms with Crippen LogP contribution in [0, 0.1) is 0 Å². The van der Waals surface area contributed by atoms with Gasteiger partial charge in [-0.3, -0.25) is 4.72 Å². The van der Waals surface area contributed by atoms with E-state index in [-0.39, 0.29) is 22.8 Å². The smallest absolute Gasteiger partial charge is 0.232 e. The van der Waals surface area contributed by atoms with Gasteiger partial charge in [0.15, 0.2) is 5.84 Å². The first-order chi connectivity index (χ1) is 9.39. The van der Waals surface area contributed by atoms with Crippen molar-refractivity contribution >= 4 is 33.1 Å². The molecular formula is C11H16ClN3O4S. The van der Waals surface area contributed by atoms with Gasteiger partial charge in [-0.1, -0.05) is 16.8 Å². The lowest BCUT2D eigenvalue weighted by Gasteiger charge is -2.12. The number of sulfonamides is 1. The lowest BCUT2D eigenvalue weighted by molar-refractivity contribution is 0.199. The van der Waals surface area contributed by atoms with Crippen molar-refractivity contribution in [3.05, 3.63) is 28.8 Å². The molecule has 0 aliphatic heterocycles. The molecule has 0 spiro atoms. The number of halogens is 1. The van der Waals surface area contributed by atoms with E-state index in [9.17, 15) is 8.42 Å². The van der Waals surface area contributed by atoms with E-state index in [1.165, 1.54) is 25.3 Å². The van der Waals surface area contributed by atoms with Crippen molar-refractivity contribution in [2.24, 2.45) is 10.9 Å². The average molecular weight is 322 g/mol. The van der Waals surface area contributed by atoms with Crippen LogP contribution in [0.3, 0.4) is 0 Å². The molecule has 1 aromatic carbocycles. The number of hydrogen-bond acceptors (Lipinski definition) is 5.